The van der Waals surface area contributed by atoms with Gasteiger partial charge in [-0.3, -0.25) is 4.99 Å². The summed E-state index contributed by atoms with van der Waals surface area (Å²) in [5, 5.41) is 6.79. The Kier molecular flexibility index (Phi) is 9.16. The Bertz CT molecular complexity index is 827. The van der Waals surface area contributed by atoms with E-state index in [1.165, 1.54) is 22.3 Å². The molecule has 2 aromatic rings. The lowest BCUT2D eigenvalue weighted by Crippen LogP contribution is -2.41. The highest BCUT2D eigenvalue weighted by atomic mass is 127. The maximum atomic E-state index is 5.63. The summed E-state index contributed by atoms with van der Waals surface area (Å²) < 4.78 is 5.63. The number of hydrogen-bond donors (Lipinski definition) is 2. The molecule has 2 N–H and O–H groups in total. The van der Waals surface area contributed by atoms with Gasteiger partial charge >= 0.3 is 0 Å². The molecule has 0 bridgehead atoms. The molecular weight excluding hydrogens is 477 g/mol. The molecule has 0 aliphatic carbocycles. The van der Waals surface area contributed by atoms with Gasteiger partial charge in [0.05, 0.1) is 12.7 Å². The second-order valence-electron chi connectivity index (χ2n) is 7.36. The highest BCUT2D eigenvalue weighted by molar-refractivity contribution is 14.0. The smallest absolute Gasteiger partial charge is 0.191 e. The van der Waals surface area contributed by atoms with Crippen LogP contribution >= 0.6 is 24.0 Å². The zero-order chi connectivity index (χ0) is 19.9. The molecule has 1 saturated heterocycles. The molecule has 29 heavy (non-hydrogen) atoms. The van der Waals surface area contributed by atoms with E-state index in [1.807, 2.05) is 12.3 Å². The van der Waals surface area contributed by atoms with Crippen molar-refractivity contribution in [1.82, 2.24) is 15.6 Å². The summed E-state index contributed by atoms with van der Waals surface area (Å²) in [5.74, 6) is 1.80. The van der Waals surface area contributed by atoms with Crippen molar-refractivity contribution in [2.45, 2.75) is 40.0 Å². The van der Waals surface area contributed by atoms with Gasteiger partial charge in [0.25, 0.3) is 0 Å². The average Bonchev–Trinajstić information content (AvgIpc) is 2.69. The Morgan fingerprint density at radius 3 is 2.72 bits per heavy atom. The van der Waals surface area contributed by atoms with E-state index in [4.69, 9.17) is 4.74 Å². The van der Waals surface area contributed by atoms with Crippen LogP contribution in [-0.4, -0.2) is 43.8 Å². The third kappa shape index (κ3) is 6.85. The summed E-state index contributed by atoms with van der Waals surface area (Å²) in [4.78, 5) is 11.2. The predicted octanol–water partition coefficient (Wildman–Crippen LogP) is 3.41. The molecule has 3 rings (SSSR count). The van der Waals surface area contributed by atoms with Crippen LogP contribution in [0.1, 0.15) is 29.2 Å². The number of nitrogens with one attached hydrogen (secondary N) is 2. The van der Waals surface area contributed by atoms with Crippen molar-refractivity contribution >= 4 is 35.8 Å². The fraction of sp³-hybridized carbons (Fsp3) is 0.455. The van der Waals surface area contributed by atoms with Gasteiger partial charge in [-0.2, -0.15) is 0 Å². The number of halogens is 1. The minimum atomic E-state index is 0. The highest BCUT2D eigenvalue weighted by Gasteiger charge is 2.18. The van der Waals surface area contributed by atoms with Crippen LogP contribution in [0.3, 0.4) is 0 Å². The Labute approximate surface area is 191 Å². The molecule has 0 radical (unpaired) electrons. The van der Waals surface area contributed by atoms with E-state index in [2.05, 4.69) is 70.5 Å². The molecule has 1 fully saturated rings. The molecule has 158 valence electrons. The zero-order valence-electron chi connectivity index (χ0n) is 17.7. The Morgan fingerprint density at radius 1 is 1.21 bits per heavy atom. The van der Waals surface area contributed by atoms with Crippen LogP contribution in [0.5, 0.6) is 0 Å². The van der Waals surface area contributed by atoms with Crippen LogP contribution in [0.25, 0.3) is 0 Å². The van der Waals surface area contributed by atoms with Gasteiger partial charge in [0.1, 0.15) is 5.82 Å². The third-order valence-corrected chi connectivity index (χ3v) is 5.00. The monoisotopic (exact) mass is 509 g/mol. The standard InChI is InChI=1S/C22H31N5O.HI/c1-16-5-6-20(17(2)11-16)14-26-22(23-4)25-13-19-7-8-24-21(12-19)27-9-10-28-18(3)15-27;/h5-8,11-12,18H,9-10,13-15H2,1-4H3,(H2,23,25,26);1H. The molecular formula is C22H32IN5O. The first-order chi connectivity index (χ1) is 13.5. The molecule has 1 unspecified atom stereocenters. The summed E-state index contributed by atoms with van der Waals surface area (Å²) >= 11 is 0. The largest absolute Gasteiger partial charge is 0.375 e. The number of aliphatic imine (C=N–C) groups is 1. The van der Waals surface area contributed by atoms with Gasteiger partial charge < -0.3 is 20.3 Å². The lowest BCUT2D eigenvalue weighted by molar-refractivity contribution is 0.0529. The van der Waals surface area contributed by atoms with Gasteiger partial charge in [-0.15, -0.1) is 24.0 Å². The Hall–Kier alpha value is -1.87. The summed E-state index contributed by atoms with van der Waals surface area (Å²) in [7, 11) is 1.80. The molecule has 7 heteroatoms. The molecule has 2 heterocycles. The summed E-state index contributed by atoms with van der Waals surface area (Å²) in [6.07, 6.45) is 2.11. The minimum Gasteiger partial charge on any atom is -0.375 e. The topological polar surface area (TPSA) is 61.8 Å². The molecule has 1 aliphatic rings. The number of ether oxygens (including phenoxy) is 1. The SMILES string of the molecule is CN=C(NCc1ccnc(N2CCOC(C)C2)c1)NCc1ccc(C)cc1C.I. The number of aromatic nitrogens is 1. The second kappa shape index (κ2) is 11.3. The number of guanidine groups is 1. The number of pyridine rings is 1. The molecule has 1 aliphatic heterocycles. The van der Waals surface area contributed by atoms with Crippen molar-refractivity contribution in [1.29, 1.82) is 0 Å². The van der Waals surface area contributed by atoms with E-state index in [9.17, 15) is 0 Å². The molecule has 1 atom stereocenters. The predicted molar refractivity (Wildman–Crippen MR) is 130 cm³/mol. The number of morpholine rings is 1. The van der Waals surface area contributed by atoms with Crippen molar-refractivity contribution in [3.05, 3.63) is 58.8 Å². The van der Waals surface area contributed by atoms with E-state index >= 15 is 0 Å². The van der Waals surface area contributed by atoms with Crippen molar-refractivity contribution < 1.29 is 4.74 Å². The van der Waals surface area contributed by atoms with E-state index in [0.29, 0.717) is 6.54 Å². The lowest BCUT2D eigenvalue weighted by atomic mass is 10.1. The Balaban J connectivity index is 0.00000300. The van der Waals surface area contributed by atoms with Gasteiger partial charge in [0.2, 0.25) is 0 Å². The van der Waals surface area contributed by atoms with E-state index in [1.54, 1.807) is 7.05 Å². The summed E-state index contributed by atoms with van der Waals surface area (Å²) in [5.41, 5.74) is 5.04. The maximum absolute atomic E-state index is 5.63. The highest BCUT2D eigenvalue weighted by Crippen LogP contribution is 2.16. The Morgan fingerprint density at radius 2 is 2.00 bits per heavy atom. The van der Waals surface area contributed by atoms with Gasteiger partial charge in [0.15, 0.2) is 5.96 Å². The lowest BCUT2D eigenvalue weighted by Gasteiger charge is -2.32. The minimum absolute atomic E-state index is 0. The van der Waals surface area contributed by atoms with E-state index in [0.717, 1.165) is 38.0 Å². The first-order valence-electron chi connectivity index (χ1n) is 9.87. The molecule has 0 spiro atoms. The quantitative estimate of drug-likeness (QED) is 0.368. The zero-order valence-corrected chi connectivity index (χ0v) is 20.1. The average molecular weight is 509 g/mol. The van der Waals surface area contributed by atoms with Crippen molar-refractivity contribution in [2.24, 2.45) is 4.99 Å². The van der Waals surface area contributed by atoms with Crippen LogP contribution in [-0.2, 0) is 17.8 Å². The molecule has 1 aromatic carbocycles. The van der Waals surface area contributed by atoms with E-state index in [-0.39, 0.29) is 30.1 Å². The number of nitrogens with zero attached hydrogens (tertiary/aromatic N) is 3. The van der Waals surface area contributed by atoms with Crippen molar-refractivity contribution in [2.75, 3.05) is 31.6 Å². The van der Waals surface area contributed by atoms with E-state index < -0.39 is 0 Å². The van der Waals surface area contributed by atoms with Crippen LogP contribution in [0.4, 0.5) is 5.82 Å². The van der Waals surface area contributed by atoms with Crippen LogP contribution in [0, 0.1) is 13.8 Å². The number of benzene rings is 1. The van der Waals surface area contributed by atoms with Crippen molar-refractivity contribution in [3.8, 4) is 0 Å². The van der Waals surface area contributed by atoms with Crippen LogP contribution in [0.2, 0.25) is 0 Å². The second-order valence-corrected chi connectivity index (χ2v) is 7.36. The number of rotatable bonds is 5. The first-order valence-corrected chi connectivity index (χ1v) is 9.87. The summed E-state index contributed by atoms with van der Waals surface area (Å²) in [6, 6.07) is 10.7. The van der Waals surface area contributed by atoms with Gasteiger partial charge in [-0.05, 0) is 49.6 Å². The number of aryl methyl sites for hydroxylation is 2. The van der Waals surface area contributed by atoms with Crippen LogP contribution in [0.15, 0.2) is 41.5 Å². The normalized spacial score (nSPS) is 16.9. The molecule has 1 aromatic heterocycles. The molecule has 0 amide bonds. The third-order valence-electron chi connectivity index (χ3n) is 5.00. The maximum Gasteiger partial charge on any atom is 0.191 e. The molecule has 6 nitrogen and oxygen atoms in total. The van der Waals surface area contributed by atoms with Crippen molar-refractivity contribution in [3.63, 3.8) is 0 Å². The summed E-state index contributed by atoms with van der Waals surface area (Å²) in [6.45, 7) is 10.3. The molecule has 0 saturated carbocycles. The van der Waals surface area contributed by atoms with Crippen LogP contribution < -0.4 is 15.5 Å². The van der Waals surface area contributed by atoms with Gasteiger partial charge in [0, 0.05) is 39.4 Å². The number of hydrogen-bond acceptors (Lipinski definition) is 4. The van der Waals surface area contributed by atoms with Gasteiger partial charge in [-0.1, -0.05) is 23.8 Å². The number of anilines is 1. The fourth-order valence-corrected chi connectivity index (χ4v) is 3.40. The van der Waals surface area contributed by atoms with Gasteiger partial charge in [-0.25, -0.2) is 4.98 Å². The first kappa shape index (κ1) is 23.4. The fourth-order valence-electron chi connectivity index (χ4n) is 3.40.